The number of Topliss-reactive ketones (excluding diaryl/α,β-unsaturated/α-hetero) is 1. The number of rotatable bonds is 3. The second-order valence-corrected chi connectivity index (χ2v) is 4.69. The maximum atomic E-state index is 14.0. The first kappa shape index (κ1) is 13.4. The predicted molar refractivity (Wildman–Crippen MR) is 76.6 cm³/mol. The van der Waals surface area contributed by atoms with Gasteiger partial charge < -0.3 is 14.8 Å². The van der Waals surface area contributed by atoms with E-state index in [4.69, 9.17) is 9.47 Å². The molecule has 0 spiro atoms. The number of ketones is 1. The van der Waals surface area contributed by atoms with Crippen molar-refractivity contribution in [3.05, 3.63) is 53.8 Å². The van der Waals surface area contributed by atoms with Crippen molar-refractivity contribution in [2.75, 3.05) is 19.0 Å². The molecular formula is C16H14FNO3. The molecule has 108 valence electrons. The fourth-order valence-corrected chi connectivity index (χ4v) is 2.26. The highest BCUT2D eigenvalue weighted by molar-refractivity contribution is 6.00. The van der Waals surface area contributed by atoms with Crippen molar-refractivity contribution < 1.29 is 18.7 Å². The highest BCUT2D eigenvalue weighted by Gasteiger charge is 2.28. The van der Waals surface area contributed by atoms with E-state index in [-0.39, 0.29) is 5.56 Å². The first-order chi connectivity index (χ1) is 10.2. The monoisotopic (exact) mass is 287 g/mol. The minimum atomic E-state index is -0.747. The van der Waals surface area contributed by atoms with Gasteiger partial charge in [-0.3, -0.25) is 4.79 Å². The van der Waals surface area contributed by atoms with E-state index in [2.05, 4.69) is 5.32 Å². The summed E-state index contributed by atoms with van der Waals surface area (Å²) in [5, 5.41) is 3.11. The first-order valence-corrected chi connectivity index (χ1v) is 6.56. The molecule has 0 amide bonds. The molecule has 0 fully saturated rings. The van der Waals surface area contributed by atoms with E-state index < -0.39 is 17.7 Å². The number of fused-ring (bicyclic) bond motifs is 1. The van der Waals surface area contributed by atoms with Crippen molar-refractivity contribution in [1.29, 1.82) is 0 Å². The van der Waals surface area contributed by atoms with Crippen LogP contribution < -0.4 is 14.8 Å². The smallest absolute Gasteiger partial charge is 0.208 e. The highest BCUT2D eigenvalue weighted by Crippen LogP contribution is 2.29. The van der Waals surface area contributed by atoms with Crippen LogP contribution in [-0.4, -0.2) is 25.5 Å². The number of nitrogens with one attached hydrogen (secondary N) is 1. The Morgan fingerprint density at radius 3 is 2.90 bits per heavy atom. The van der Waals surface area contributed by atoms with E-state index in [0.717, 1.165) is 5.69 Å². The van der Waals surface area contributed by atoms with Gasteiger partial charge >= 0.3 is 0 Å². The average molecular weight is 287 g/mol. The zero-order valence-electron chi connectivity index (χ0n) is 11.4. The quantitative estimate of drug-likeness (QED) is 0.882. The summed E-state index contributed by atoms with van der Waals surface area (Å²) in [6, 6.07) is 11.5. The van der Waals surface area contributed by atoms with E-state index >= 15 is 0 Å². The Balaban J connectivity index is 1.84. The number of carbonyl (C=O) groups is 1. The van der Waals surface area contributed by atoms with Crippen LogP contribution in [0.15, 0.2) is 42.5 Å². The Hall–Kier alpha value is -2.56. The number of carbonyl (C=O) groups excluding carboxylic acids is 1. The topological polar surface area (TPSA) is 47.6 Å². The lowest BCUT2D eigenvalue weighted by Crippen LogP contribution is -2.38. The molecule has 3 rings (SSSR count). The van der Waals surface area contributed by atoms with Crippen LogP contribution in [0.2, 0.25) is 0 Å². The largest absolute Gasteiger partial charge is 0.497 e. The molecule has 0 saturated heterocycles. The molecule has 4 nitrogen and oxygen atoms in total. The molecule has 1 aliphatic heterocycles. The lowest BCUT2D eigenvalue weighted by Gasteiger charge is -2.26. The summed E-state index contributed by atoms with van der Waals surface area (Å²) in [5.41, 5.74) is 0.832. The maximum Gasteiger partial charge on any atom is 0.208 e. The minimum Gasteiger partial charge on any atom is -0.497 e. The summed E-state index contributed by atoms with van der Waals surface area (Å²) in [7, 11) is 1.45. The number of ether oxygens (including phenoxy) is 2. The number of methoxy groups -OCH3 is 1. The Morgan fingerprint density at radius 2 is 2.14 bits per heavy atom. The standard InChI is InChI=1S/C16H14FNO3/c1-20-10-6-7-11(12(17)8-10)16(19)15-9-18-13-4-2-3-5-14(13)21-15/h2-8,15,18H,9H2,1H3. The van der Waals surface area contributed by atoms with Crippen LogP contribution in [0, 0.1) is 5.82 Å². The van der Waals surface area contributed by atoms with Crippen molar-refractivity contribution >= 4 is 11.5 Å². The molecule has 0 aliphatic carbocycles. The molecule has 1 atom stereocenters. The van der Waals surface area contributed by atoms with Crippen LogP contribution in [0.1, 0.15) is 10.4 Å². The molecule has 1 unspecified atom stereocenters. The molecule has 0 radical (unpaired) electrons. The lowest BCUT2D eigenvalue weighted by atomic mass is 10.0. The third kappa shape index (κ3) is 2.54. The molecule has 2 aromatic carbocycles. The average Bonchev–Trinajstić information content (AvgIpc) is 2.53. The van der Waals surface area contributed by atoms with Gasteiger partial charge in [0.25, 0.3) is 0 Å². The first-order valence-electron chi connectivity index (χ1n) is 6.56. The molecule has 1 N–H and O–H groups in total. The number of anilines is 1. The van der Waals surface area contributed by atoms with E-state index in [0.29, 0.717) is 18.0 Å². The number of hydrogen-bond acceptors (Lipinski definition) is 4. The van der Waals surface area contributed by atoms with Crippen LogP contribution >= 0.6 is 0 Å². The molecule has 1 aliphatic rings. The molecule has 0 saturated carbocycles. The van der Waals surface area contributed by atoms with E-state index in [9.17, 15) is 9.18 Å². The van der Waals surface area contributed by atoms with Crippen LogP contribution in [0.4, 0.5) is 10.1 Å². The Morgan fingerprint density at radius 1 is 1.33 bits per heavy atom. The van der Waals surface area contributed by atoms with Gasteiger partial charge in [0.05, 0.1) is 24.9 Å². The zero-order chi connectivity index (χ0) is 14.8. The molecule has 1 heterocycles. The van der Waals surface area contributed by atoms with Gasteiger partial charge in [0, 0.05) is 6.07 Å². The second-order valence-electron chi connectivity index (χ2n) is 4.69. The maximum absolute atomic E-state index is 14.0. The van der Waals surface area contributed by atoms with E-state index in [1.54, 1.807) is 12.1 Å². The van der Waals surface area contributed by atoms with Gasteiger partial charge in [0.15, 0.2) is 6.10 Å². The second kappa shape index (κ2) is 5.44. The van der Waals surface area contributed by atoms with E-state index in [1.165, 1.54) is 19.2 Å². The zero-order valence-corrected chi connectivity index (χ0v) is 11.4. The predicted octanol–water partition coefficient (Wildman–Crippen LogP) is 2.89. The minimum absolute atomic E-state index is 0.00183. The van der Waals surface area contributed by atoms with Gasteiger partial charge in [0.2, 0.25) is 5.78 Å². The summed E-state index contributed by atoms with van der Waals surface area (Å²) in [6.45, 7) is 0.307. The molecule has 0 bridgehead atoms. The Bertz CT molecular complexity index is 687. The third-order valence-electron chi connectivity index (χ3n) is 3.37. The Labute approximate surface area is 121 Å². The molecule has 2 aromatic rings. The number of hydrogen-bond donors (Lipinski definition) is 1. The van der Waals surface area contributed by atoms with Gasteiger partial charge in [0.1, 0.15) is 17.3 Å². The fourth-order valence-electron chi connectivity index (χ4n) is 2.26. The van der Waals surface area contributed by atoms with E-state index in [1.807, 2.05) is 18.2 Å². The van der Waals surface area contributed by atoms with Gasteiger partial charge in [-0.15, -0.1) is 0 Å². The number of benzene rings is 2. The summed E-state index contributed by atoms with van der Waals surface area (Å²) < 4.78 is 24.5. The van der Waals surface area contributed by atoms with Gasteiger partial charge in [-0.1, -0.05) is 12.1 Å². The molecular weight excluding hydrogens is 273 g/mol. The lowest BCUT2D eigenvalue weighted by molar-refractivity contribution is 0.0797. The number of halogens is 1. The normalized spacial score (nSPS) is 16.4. The van der Waals surface area contributed by atoms with Crippen molar-refractivity contribution in [3.8, 4) is 11.5 Å². The third-order valence-corrected chi connectivity index (χ3v) is 3.37. The summed E-state index contributed by atoms with van der Waals surface area (Å²) in [6.07, 6.45) is -0.747. The van der Waals surface area contributed by atoms with Crippen molar-refractivity contribution in [2.24, 2.45) is 0 Å². The summed E-state index contributed by atoms with van der Waals surface area (Å²) in [4.78, 5) is 12.4. The number of para-hydroxylation sites is 2. The molecule has 21 heavy (non-hydrogen) atoms. The highest BCUT2D eigenvalue weighted by atomic mass is 19.1. The SMILES string of the molecule is COc1ccc(C(=O)C2CNc3ccccc3O2)c(F)c1. The van der Waals surface area contributed by atoms with Gasteiger partial charge in [-0.05, 0) is 24.3 Å². The van der Waals surface area contributed by atoms with Crippen molar-refractivity contribution in [1.82, 2.24) is 0 Å². The van der Waals surface area contributed by atoms with Crippen molar-refractivity contribution in [3.63, 3.8) is 0 Å². The fraction of sp³-hybridized carbons (Fsp3) is 0.188. The summed E-state index contributed by atoms with van der Waals surface area (Å²) in [5.74, 6) is -0.0351. The van der Waals surface area contributed by atoms with Crippen LogP contribution in [-0.2, 0) is 0 Å². The van der Waals surface area contributed by atoms with Crippen LogP contribution in [0.3, 0.4) is 0 Å². The summed E-state index contributed by atoms with van der Waals surface area (Å²) >= 11 is 0. The van der Waals surface area contributed by atoms with Gasteiger partial charge in [-0.2, -0.15) is 0 Å². The molecule has 5 heteroatoms. The van der Waals surface area contributed by atoms with Crippen LogP contribution in [0.25, 0.3) is 0 Å². The van der Waals surface area contributed by atoms with Crippen LogP contribution in [0.5, 0.6) is 11.5 Å². The van der Waals surface area contributed by atoms with Gasteiger partial charge in [-0.25, -0.2) is 4.39 Å². The van der Waals surface area contributed by atoms with Crippen molar-refractivity contribution in [2.45, 2.75) is 6.10 Å². The molecule has 0 aromatic heterocycles. The Kier molecular flexibility index (Phi) is 3.48.